The maximum Gasteiger partial charge on any atom is 0.191 e. The molecule has 28 heavy (non-hydrogen) atoms. The van der Waals surface area contributed by atoms with Gasteiger partial charge in [-0.25, -0.2) is 0 Å². The highest BCUT2D eigenvalue weighted by atomic mass is 127. The van der Waals surface area contributed by atoms with Gasteiger partial charge in [-0.3, -0.25) is 4.99 Å². The number of rotatable bonds is 7. The second kappa shape index (κ2) is 13.2. The molecule has 6 nitrogen and oxygen atoms in total. The second-order valence-corrected chi connectivity index (χ2v) is 8.62. The predicted molar refractivity (Wildman–Crippen MR) is 128 cm³/mol. The van der Waals surface area contributed by atoms with Crippen molar-refractivity contribution in [2.45, 2.75) is 63.5 Å². The summed E-state index contributed by atoms with van der Waals surface area (Å²) in [5.41, 5.74) is 0. The largest absolute Gasteiger partial charge is 0.383 e. The maximum absolute atomic E-state index is 5.19. The minimum Gasteiger partial charge on any atom is -0.383 e. The van der Waals surface area contributed by atoms with Crippen LogP contribution in [0, 0.1) is 5.92 Å². The third kappa shape index (κ3) is 7.61. The van der Waals surface area contributed by atoms with Crippen molar-refractivity contribution in [2.75, 3.05) is 60.0 Å². The average molecular weight is 508 g/mol. The number of nitrogens with one attached hydrogen (secondary N) is 2. The van der Waals surface area contributed by atoms with E-state index in [0.717, 1.165) is 37.6 Å². The zero-order valence-electron chi connectivity index (χ0n) is 18.0. The van der Waals surface area contributed by atoms with Gasteiger partial charge in [0.1, 0.15) is 0 Å². The standard InChI is InChI=1S/C21H41N5O.HI/c1-22-21(23-17-18-7-11-25(12-8-18)15-16-27-2)24-19-9-13-26(14-10-19)20-5-3-4-6-20;/h18-20H,3-17H2,1-2H3,(H2,22,23,24);1H. The fourth-order valence-electron chi connectivity index (χ4n) is 4.94. The van der Waals surface area contributed by atoms with Gasteiger partial charge in [-0.2, -0.15) is 0 Å². The summed E-state index contributed by atoms with van der Waals surface area (Å²) in [6.45, 7) is 7.85. The number of halogens is 1. The number of ether oxygens (including phenoxy) is 1. The number of hydrogen-bond donors (Lipinski definition) is 2. The summed E-state index contributed by atoms with van der Waals surface area (Å²) in [4.78, 5) is 9.73. The highest BCUT2D eigenvalue weighted by Crippen LogP contribution is 2.26. The van der Waals surface area contributed by atoms with Crippen molar-refractivity contribution < 1.29 is 4.74 Å². The Bertz CT molecular complexity index is 442. The van der Waals surface area contributed by atoms with Crippen LogP contribution in [0.15, 0.2) is 4.99 Å². The molecule has 7 heteroatoms. The summed E-state index contributed by atoms with van der Waals surface area (Å²) in [5.74, 6) is 1.75. The first-order valence-corrected chi connectivity index (χ1v) is 11.2. The molecular weight excluding hydrogens is 465 g/mol. The fraction of sp³-hybridized carbons (Fsp3) is 0.952. The van der Waals surface area contributed by atoms with Gasteiger partial charge in [-0.05, 0) is 57.5 Å². The monoisotopic (exact) mass is 507 g/mol. The highest BCUT2D eigenvalue weighted by Gasteiger charge is 2.27. The molecule has 0 amide bonds. The molecule has 0 aromatic rings. The molecule has 0 bridgehead atoms. The van der Waals surface area contributed by atoms with Crippen LogP contribution in [0.5, 0.6) is 0 Å². The highest BCUT2D eigenvalue weighted by molar-refractivity contribution is 14.0. The molecule has 164 valence electrons. The van der Waals surface area contributed by atoms with E-state index in [1.807, 2.05) is 7.05 Å². The van der Waals surface area contributed by atoms with Gasteiger partial charge in [-0.15, -0.1) is 24.0 Å². The van der Waals surface area contributed by atoms with Crippen LogP contribution in [0.3, 0.4) is 0 Å². The summed E-state index contributed by atoms with van der Waals surface area (Å²) in [6, 6.07) is 1.45. The van der Waals surface area contributed by atoms with Crippen LogP contribution in [0.4, 0.5) is 0 Å². The predicted octanol–water partition coefficient (Wildman–Crippen LogP) is 2.53. The molecule has 0 unspecified atom stereocenters. The van der Waals surface area contributed by atoms with Crippen molar-refractivity contribution in [3.63, 3.8) is 0 Å². The zero-order valence-corrected chi connectivity index (χ0v) is 20.3. The second-order valence-electron chi connectivity index (χ2n) is 8.62. The van der Waals surface area contributed by atoms with Crippen molar-refractivity contribution >= 4 is 29.9 Å². The van der Waals surface area contributed by atoms with Crippen molar-refractivity contribution in [1.29, 1.82) is 0 Å². The van der Waals surface area contributed by atoms with Crippen LogP contribution >= 0.6 is 24.0 Å². The van der Waals surface area contributed by atoms with Crippen LogP contribution in [-0.2, 0) is 4.74 Å². The van der Waals surface area contributed by atoms with Crippen LogP contribution in [0.25, 0.3) is 0 Å². The summed E-state index contributed by atoms with van der Waals surface area (Å²) < 4.78 is 5.19. The van der Waals surface area contributed by atoms with Crippen molar-refractivity contribution in [3.8, 4) is 0 Å². The molecule has 0 radical (unpaired) electrons. The number of hydrogen-bond acceptors (Lipinski definition) is 4. The lowest BCUT2D eigenvalue weighted by Gasteiger charge is -2.37. The molecule has 1 saturated carbocycles. The van der Waals surface area contributed by atoms with Gasteiger partial charge < -0.3 is 25.2 Å². The molecular formula is C21H42IN5O. The van der Waals surface area contributed by atoms with Crippen LogP contribution in [-0.4, -0.2) is 87.9 Å². The summed E-state index contributed by atoms with van der Waals surface area (Å²) in [6.07, 6.45) is 10.7. The lowest BCUT2D eigenvalue weighted by atomic mass is 9.97. The third-order valence-electron chi connectivity index (χ3n) is 6.81. The lowest BCUT2D eigenvalue weighted by Crippen LogP contribution is -2.51. The Morgan fingerprint density at radius 1 is 1.00 bits per heavy atom. The quantitative estimate of drug-likeness (QED) is 0.315. The molecule has 2 saturated heterocycles. The number of methoxy groups -OCH3 is 1. The van der Waals surface area contributed by atoms with Gasteiger partial charge in [0.2, 0.25) is 0 Å². The van der Waals surface area contributed by atoms with E-state index in [1.165, 1.54) is 77.5 Å². The van der Waals surface area contributed by atoms with Gasteiger partial charge in [-0.1, -0.05) is 12.8 Å². The molecule has 3 aliphatic rings. The average Bonchev–Trinajstić information content (AvgIpc) is 3.25. The lowest BCUT2D eigenvalue weighted by molar-refractivity contribution is 0.120. The van der Waals surface area contributed by atoms with E-state index >= 15 is 0 Å². The Morgan fingerprint density at radius 3 is 2.29 bits per heavy atom. The zero-order chi connectivity index (χ0) is 18.9. The normalized spacial score (nSPS) is 24.3. The molecule has 2 N–H and O–H groups in total. The SMILES string of the molecule is CN=C(NCC1CCN(CCOC)CC1)NC1CCN(C2CCCC2)CC1.I. The van der Waals surface area contributed by atoms with E-state index in [1.54, 1.807) is 7.11 Å². The first-order chi connectivity index (χ1) is 13.3. The molecule has 2 heterocycles. The fourth-order valence-corrected chi connectivity index (χ4v) is 4.94. The number of aliphatic imine (C=N–C) groups is 1. The van der Waals surface area contributed by atoms with E-state index in [-0.39, 0.29) is 24.0 Å². The van der Waals surface area contributed by atoms with E-state index in [4.69, 9.17) is 4.74 Å². The Morgan fingerprint density at radius 2 is 1.68 bits per heavy atom. The van der Waals surface area contributed by atoms with Crippen LogP contribution < -0.4 is 10.6 Å². The summed E-state index contributed by atoms with van der Waals surface area (Å²) in [7, 11) is 3.68. The number of likely N-dealkylation sites (tertiary alicyclic amines) is 2. The Hall–Kier alpha value is -0.120. The van der Waals surface area contributed by atoms with Crippen LogP contribution in [0.2, 0.25) is 0 Å². The molecule has 3 rings (SSSR count). The van der Waals surface area contributed by atoms with Gasteiger partial charge in [0.15, 0.2) is 5.96 Å². The van der Waals surface area contributed by atoms with E-state index < -0.39 is 0 Å². The first kappa shape index (κ1) is 24.2. The Balaban J connectivity index is 0.00000280. The van der Waals surface area contributed by atoms with Crippen molar-refractivity contribution in [1.82, 2.24) is 20.4 Å². The number of guanidine groups is 1. The number of piperidine rings is 2. The molecule has 0 spiro atoms. The summed E-state index contributed by atoms with van der Waals surface area (Å²) >= 11 is 0. The molecule has 2 aliphatic heterocycles. The van der Waals surface area contributed by atoms with E-state index in [9.17, 15) is 0 Å². The molecule has 0 aromatic carbocycles. The number of nitrogens with zero attached hydrogens (tertiary/aromatic N) is 3. The Kier molecular flexibility index (Phi) is 11.4. The third-order valence-corrected chi connectivity index (χ3v) is 6.81. The van der Waals surface area contributed by atoms with Gasteiger partial charge in [0, 0.05) is 52.4 Å². The van der Waals surface area contributed by atoms with Gasteiger partial charge >= 0.3 is 0 Å². The molecule has 1 aliphatic carbocycles. The van der Waals surface area contributed by atoms with Crippen molar-refractivity contribution in [3.05, 3.63) is 0 Å². The minimum absolute atomic E-state index is 0. The van der Waals surface area contributed by atoms with Gasteiger partial charge in [0.25, 0.3) is 0 Å². The van der Waals surface area contributed by atoms with Gasteiger partial charge in [0.05, 0.1) is 6.61 Å². The summed E-state index contributed by atoms with van der Waals surface area (Å²) in [5, 5.41) is 7.27. The maximum atomic E-state index is 5.19. The smallest absolute Gasteiger partial charge is 0.191 e. The Labute approximate surface area is 189 Å². The molecule has 0 atom stereocenters. The van der Waals surface area contributed by atoms with E-state index in [2.05, 4.69) is 25.4 Å². The van der Waals surface area contributed by atoms with Crippen molar-refractivity contribution in [2.24, 2.45) is 10.9 Å². The first-order valence-electron chi connectivity index (χ1n) is 11.2. The molecule has 3 fully saturated rings. The van der Waals surface area contributed by atoms with Crippen LogP contribution in [0.1, 0.15) is 51.4 Å². The minimum atomic E-state index is 0. The van der Waals surface area contributed by atoms with E-state index in [0.29, 0.717) is 6.04 Å². The molecule has 0 aromatic heterocycles. The topological polar surface area (TPSA) is 52.1 Å².